The molecule has 2 aromatic rings. The minimum absolute atomic E-state index is 0.252. The molecule has 26 heavy (non-hydrogen) atoms. The van der Waals surface area contributed by atoms with Crippen molar-refractivity contribution in [2.45, 2.75) is 32.7 Å². The van der Waals surface area contributed by atoms with E-state index in [0.717, 1.165) is 41.7 Å². The molecule has 0 unspecified atom stereocenters. The van der Waals surface area contributed by atoms with Crippen LogP contribution in [0.1, 0.15) is 30.2 Å². The lowest BCUT2D eigenvalue weighted by atomic mass is 10.1. The van der Waals surface area contributed by atoms with Gasteiger partial charge in [0.25, 0.3) is 0 Å². The highest BCUT2D eigenvalue weighted by Crippen LogP contribution is 2.39. The number of halogens is 1. The number of benzene rings is 1. The van der Waals surface area contributed by atoms with Gasteiger partial charge in [0.05, 0.1) is 16.9 Å². The first-order chi connectivity index (χ1) is 12.5. The standard InChI is InChI=1S/C20H25FN4S/c1-4-5-15-12-25(9-8-24(15)3)19-16-10-13(2)26-20(16)23-17-7-6-14(21)11-18(17)22-19/h6-7,10-11,15,23H,4-5,8-9,12H2,1-3H3/t15-/m0/s1. The molecule has 6 heteroatoms. The molecule has 1 aromatic heterocycles. The Morgan fingerprint density at radius 3 is 2.96 bits per heavy atom. The summed E-state index contributed by atoms with van der Waals surface area (Å²) >= 11 is 1.73. The van der Waals surface area contributed by atoms with Gasteiger partial charge in [-0.25, -0.2) is 9.38 Å². The van der Waals surface area contributed by atoms with Crippen molar-refractivity contribution in [1.29, 1.82) is 0 Å². The van der Waals surface area contributed by atoms with E-state index < -0.39 is 0 Å². The number of likely N-dealkylation sites (N-methyl/N-ethyl adjacent to an activating group) is 1. The van der Waals surface area contributed by atoms with E-state index in [0.29, 0.717) is 11.7 Å². The van der Waals surface area contributed by atoms with E-state index >= 15 is 0 Å². The summed E-state index contributed by atoms with van der Waals surface area (Å²) in [5.41, 5.74) is 2.67. The molecule has 2 aliphatic rings. The van der Waals surface area contributed by atoms with Crippen LogP contribution in [0.2, 0.25) is 0 Å². The van der Waals surface area contributed by atoms with Crippen LogP contribution in [0.25, 0.3) is 0 Å². The van der Waals surface area contributed by atoms with Crippen molar-refractivity contribution in [1.82, 2.24) is 9.80 Å². The molecule has 0 radical (unpaired) electrons. The molecular weight excluding hydrogens is 347 g/mol. The summed E-state index contributed by atoms with van der Waals surface area (Å²) in [4.78, 5) is 11.0. The fourth-order valence-corrected chi connectivity index (χ4v) is 4.72. The van der Waals surface area contributed by atoms with Gasteiger partial charge in [0, 0.05) is 36.6 Å². The zero-order valence-electron chi connectivity index (χ0n) is 15.6. The lowest BCUT2D eigenvalue weighted by Crippen LogP contribution is -2.53. The van der Waals surface area contributed by atoms with Gasteiger partial charge in [0.1, 0.15) is 16.7 Å². The number of anilines is 2. The summed E-state index contributed by atoms with van der Waals surface area (Å²) < 4.78 is 13.8. The number of rotatable bonds is 2. The number of piperazine rings is 1. The molecule has 2 aliphatic heterocycles. The van der Waals surface area contributed by atoms with Crippen LogP contribution >= 0.6 is 11.3 Å². The fraction of sp³-hybridized carbons (Fsp3) is 0.450. The SMILES string of the molecule is CCC[C@H]1CN(C2=Nc3cc(F)ccc3Nc3sc(C)cc32)CCN1C. The smallest absolute Gasteiger partial charge is 0.139 e. The van der Waals surface area contributed by atoms with Gasteiger partial charge in [-0.2, -0.15) is 0 Å². The molecule has 0 spiro atoms. The van der Waals surface area contributed by atoms with Gasteiger partial charge in [0.2, 0.25) is 0 Å². The molecule has 0 saturated carbocycles. The van der Waals surface area contributed by atoms with E-state index in [1.165, 1.54) is 29.9 Å². The largest absolute Gasteiger partial charge is 0.353 e. The minimum Gasteiger partial charge on any atom is -0.353 e. The minimum atomic E-state index is -0.252. The normalized spacial score (nSPS) is 20.1. The van der Waals surface area contributed by atoms with Crippen LogP contribution in [0.5, 0.6) is 0 Å². The number of fused-ring (bicyclic) bond motifs is 2. The molecule has 0 bridgehead atoms. The van der Waals surface area contributed by atoms with E-state index in [9.17, 15) is 4.39 Å². The van der Waals surface area contributed by atoms with E-state index in [2.05, 4.69) is 42.1 Å². The van der Waals surface area contributed by atoms with E-state index in [4.69, 9.17) is 4.99 Å². The zero-order valence-corrected chi connectivity index (χ0v) is 16.4. The fourth-order valence-electron chi connectivity index (χ4n) is 3.80. The quantitative estimate of drug-likeness (QED) is 0.825. The highest BCUT2D eigenvalue weighted by Gasteiger charge is 2.29. The number of nitrogens with zero attached hydrogens (tertiary/aromatic N) is 3. The van der Waals surface area contributed by atoms with Crippen LogP contribution in [0.15, 0.2) is 29.3 Å². The second kappa shape index (κ2) is 7.00. The average Bonchev–Trinajstić information content (AvgIpc) is 2.90. The van der Waals surface area contributed by atoms with Crippen LogP contribution in [-0.2, 0) is 0 Å². The third-order valence-electron chi connectivity index (χ3n) is 5.23. The summed E-state index contributed by atoms with van der Waals surface area (Å²) in [6.07, 6.45) is 2.35. The Kier molecular flexibility index (Phi) is 4.71. The second-order valence-electron chi connectivity index (χ2n) is 7.19. The second-order valence-corrected chi connectivity index (χ2v) is 8.45. The summed E-state index contributed by atoms with van der Waals surface area (Å²) in [7, 11) is 2.21. The molecule has 1 fully saturated rings. The van der Waals surface area contributed by atoms with Gasteiger partial charge in [-0.15, -0.1) is 11.3 Å². The number of nitrogens with one attached hydrogen (secondary N) is 1. The van der Waals surface area contributed by atoms with Crippen LogP contribution in [-0.4, -0.2) is 48.4 Å². The highest BCUT2D eigenvalue weighted by molar-refractivity contribution is 7.16. The van der Waals surface area contributed by atoms with Crippen molar-refractivity contribution in [3.63, 3.8) is 0 Å². The number of aliphatic imine (C=N–C) groups is 1. The van der Waals surface area contributed by atoms with Crippen LogP contribution in [0, 0.1) is 12.7 Å². The molecule has 3 heterocycles. The number of aryl methyl sites for hydroxylation is 1. The summed E-state index contributed by atoms with van der Waals surface area (Å²) in [5, 5.41) is 4.56. The summed E-state index contributed by atoms with van der Waals surface area (Å²) in [5.74, 6) is 0.715. The maximum atomic E-state index is 13.8. The maximum Gasteiger partial charge on any atom is 0.139 e. The molecule has 4 rings (SSSR count). The van der Waals surface area contributed by atoms with Crippen LogP contribution in [0.4, 0.5) is 20.8 Å². The lowest BCUT2D eigenvalue weighted by Gasteiger charge is -2.41. The Balaban J connectivity index is 1.77. The summed E-state index contributed by atoms with van der Waals surface area (Å²) in [6, 6.07) is 7.51. The Morgan fingerprint density at radius 1 is 1.31 bits per heavy atom. The lowest BCUT2D eigenvalue weighted by molar-refractivity contribution is 0.133. The molecule has 1 N–H and O–H groups in total. The highest BCUT2D eigenvalue weighted by atomic mass is 32.1. The predicted octanol–water partition coefficient (Wildman–Crippen LogP) is 4.75. The Morgan fingerprint density at radius 2 is 2.15 bits per heavy atom. The first-order valence-corrected chi connectivity index (χ1v) is 10.1. The van der Waals surface area contributed by atoms with Gasteiger partial charge in [-0.3, -0.25) is 4.90 Å². The van der Waals surface area contributed by atoms with Gasteiger partial charge >= 0.3 is 0 Å². The third kappa shape index (κ3) is 3.23. The van der Waals surface area contributed by atoms with E-state index in [1.54, 1.807) is 17.4 Å². The van der Waals surface area contributed by atoms with Gasteiger partial charge in [0.15, 0.2) is 0 Å². The summed E-state index contributed by atoms with van der Waals surface area (Å²) in [6.45, 7) is 7.27. The first-order valence-electron chi connectivity index (χ1n) is 9.26. The van der Waals surface area contributed by atoms with Crippen LogP contribution in [0.3, 0.4) is 0 Å². The zero-order chi connectivity index (χ0) is 18.3. The number of hydrogen-bond acceptors (Lipinski definition) is 5. The van der Waals surface area contributed by atoms with E-state index in [-0.39, 0.29) is 5.82 Å². The Bertz CT molecular complexity index is 844. The van der Waals surface area contributed by atoms with Gasteiger partial charge in [-0.05, 0) is 38.6 Å². The van der Waals surface area contributed by atoms with Crippen molar-refractivity contribution >= 4 is 33.5 Å². The first kappa shape index (κ1) is 17.5. The molecule has 0 amide bonds. The third-order valence-corrected chi connectivity index (χ3v) is 6.19. The van der Waals surface area contributed by atoms with E-state index in [1.807, 2.05) is 0 Å². The van der Waals surface area contributed by atoms with Crippen LogP contribution < -0.4 is 5.32 Å². The van der Waals surface area contributed by atoms with Crippen molar-refractivity contribution in [3.8, 4) is 0 Å². The molecular formula is C20H25FN4S. The Labute approximate surface area is 158 Å². The number of amidine groups is 1. The number of hydrogen-bond donors (Lipinski definition) is 1. The number of thiophene rings is 1. The average molecular weight is 373 g/mol. The molecule has 1 atom stereocenters. The monoisotopic (exact) mass is 372 g/mol. The van der Waals surface area contributed by atoms with Gasteiger partial charge < -0.3 is 10.2 Å². The molecule has 1 aromatic carbocycles. The predicted molar refractivity (Wildman–Crippen MR) is 108 cm³/mol. The van der Waals surface area contributed by atoms with Crippen molar-refractivity contribution in [2.24, 2.45) is 4.99 Å². The van der Waals surface area contributed by atoms with Gasteiger partial charge in [-0.1, -0.05) is 13.3 Å². The molecule has 138 valence electrons. The Hall–Kier alpha value is -1.92. The topological polar surface area (TPSA) is 30.9 Å². The van der Waals surface area contributed by atoms with Crippen molar-refractivity contribution in [3.05, 3.63) is 40.5 Å². The van der Waals surface area contributed by atoms with Crippen molar-refractivity contribution < 1.29 is 4.39 Å². The molecule has 4 nitrogen and oxygen atoms in total. The maximum absolute atomic E-state index is 13.8. The molecule has 0 aliphatic carbocycles. The van der Waals surface area contributed by atoms with Crippen molar-refractivity contribution in [2.75, 3.05) is 32.0 Å². The molecule has 1 saturated heterocycles.